The fraction of sp³-hybridized carbons (Fsp3) is 0.667. The van der Waals surface area contributed by atoms with Crippen molar-refractivity contribution in [1.82, 2.24) is 0 Å². The van der Waals surface area contributed by atoms with E-state index in [0.29, 0.717) is 24.2 Å². The van der Waals surface area contributed by atoms with Crippen LogP contribution in [-0.2, 0) is 9.59 Å². The predicted molar refractivity (Wildman–Crippen MR) is 67.1 cm³/mol. The molecule has 8 heteroatoms. The Labute approximate surface area is 117 Å². The van der Waals surface area contributed by atoms with Crippen LogP contribution in [0, 0.1) is 5.41 Å². The lowest BCUT2D eigenvalue weighted by Gasteiger charge is -2.51. The third-order valence-electron chi connectivity index (χ3n) is 3.86. The van der Waals surface area contributed by atoms with E-state index in [0.717, 1.165) is 18.2 Å². The number of carboxylic acid groups (broad SMARTS) is 1. The Hall–Kier alpha value is -1.02. The average molecular weight is 309 g/mol. The van der Waals surface area contributed by atoms with Gasteiger partial charge in [-0.15, -0.1) is 11.8 Å². The lowest BCUT2D eigenvalue weighted by molar-refractivity contribution is -0.169. The van der Waals surface area contributed by atoms with Crippen molar-refractivity contribution in [3.8, 4) is 0 Å². The standard InChI is InChI=1S/C12H14F3NO3S/c13-12(14,15)9(17)8-7(4-11(8)2-1-3-11)20-5-6(16)10(18)19/h6H,1-5,16H2,(H,18,19). The van der Waals surface area contributed by atoms with E-state index in [1.165, 1.54) is 0 Å². The first-order chi connectivity index (χ1) is 9.17. The monoisotopic (exact) mass is 309 g/mol. The molecule has 0 aromatic rings. The smallest absolute Gasteiger partial charge is 0.454 e. The van der Waals surface area contributed by atoms with E-state index in [2.05, 4.69) is 0 Å². The Kier molecular flexibility index (Phi) is 3.90. The molecule has 0 aliphatic heterocycles. The summed E-state index contributed by atoms with van der Waals surface area (Å²) in [5, 5.41) is 8.65. The third kappa shape index (κ3) is 2.58. The van der Waals surface area contributed by atoms with Gasteiger partial charge in [0.15, 0.2) is 0 Å². The maximum atomic E-state index is 12.6. The summed E-state index contributed by atoms with van der Waals surface area (Å²) in [6.45, 7) is 0. The highest BCUT2D eigenvalue weighted by atomic mass is 32.2. The Morgan fingerprint density at radius 2 is 2.00 bits per heavy atom. The topological polar surface area (TPSA) is 80.4 Å². The number of Topliss-reactive ketones (excluding diaryl/α,β-unsaturated/α-hetero) is 1. The van der Waals surface area contributed by atoms with Crippen LogP contribution in [-0.4, -0.2) is 34.8 Å². The number of rotatable bonds is 5. The van der Waals surface area contributed by atoms with Crippen molar-refractivity contribution >= 4 is 23.5 Å². The summed E-state index contributed by atoms with van der Waals surface area (Å²) in [7, 11) is 0. The minimum atomic E-state index is -4.88. The van der Waals surface area contributed by atoms with Crippen molar-refractivity contribution < 1.29 is 27.9 Å². The number of carbonyl (C=O) groups is 2. The normalized spacial score (nSPS) is 22.2. The van der Waals surface area contributed by atoms with E-state index < -0.39 is 29.4 Å². The molecule has 0 radical (unpaired) electrons. The minimum absolute atomic E-state index is 0.0324. The molecule has 1 saturated carbocycles. The van der Waals surface area contributed by atoms with Gasteiger partial charge in [-0.2, -0.15) is 13.2 Å². The van der Waals surface area contributed by atoms with Crippen LogP contribution in [0.3, 0.4) is 0 Å². The van der Waals surface area contributed by atoms with Crippen LogP contribution in [0.2, 0.25) is 0 Å². The van der Waals surface area contributed by atoms with E-state index in [-0.39, 0.29) is 11.3 Å². The molecule has 2 aliphatic carbocycles. The highest BCUT2D eigenvalue weighted by Crippen LogP contribution is 2.63. The van der Waals surface area contributed by atoms with E-state index in [1.807, 2.05) is 0 Å². The van der Waals surface area contributed by atoms with Gasteiger partial charge in [0.25, 0.3) is 5.78 Å². The van der Waals surface area contributed by atoms with Gasteiger partial charge in [0.05, 0.1) is 0 Å². The van der Waals surface area contributed by atoms with Crippen molar-refractivity contribution in [2.24, 2.45) is 11.1 Å². The van der Waals surface area contributed by atoms with Crippen molar-refractivity contribution in [2.75, 3.05) is 5.75 Å². The van der Waals surface area contributed by atoms with E-state index >= 15 is 0 Å². The summed E-state index contributed by atoms with van der Waals surface area (Å²) in [6, 6.07) is -1.15. The number of alkyl halides is 3. The number of carboxylic acids is 1. The molecule has 0 aromatic heterocycles. The number of nitrogens with two attached hydrogens (primary N) is 1. The number of hydrogen-bond donors (Lipinski definition) is 2. The quantitative estimate of drug-likeness (QED) is 0.813. The molecule has 1 atom stereocenters. The summed E-state index contributed by atoms with van der Waals surface area (Å²) in [5.74, 6) is -3.02. The second-order valence-electron chi connectivity index (χ2n) is 5.19. The Morgan fingerprint density at radius 3 is 2.40 bits per heavy atom. The van der Waals surface area contributed by atoms with E-state index in [9.17, 15) is 22.8 Å². The largest absolute Gasteiger partial charge is 0.480 e. The summed E-state index contributed by atoms with van der Waals surface area (Å²) in [6.07, 6.45) is -2.43. The summed E-state index contributed by atoms with van der Waals surface area (Å²) in [5.41, 5.74) is 4.55. The van der Waals surface area contributed by atoms with Crippen LogP contribution in [0.15, 0.2) is 10.5 Å². The zero-order valence-electron chi connectivity index (χ0n) is 10.5. The van der Waals surface area contributed by atoms with Gasteiger partial charge in [0.2, 0.25) is 0 Å². The second kappa shape index (κ2) is 5.07. The number of thioether (sulfide) groups is 1. The Balaban J connectivity index is 2.14. The number of allylic oxidation sites excluding steroid dienone is 2. The molecule has 2 rings (SSSR count). The van der Waals surface area contributed by atoms with Gasteiger partial charge < -0.3 is 10.8 Å². The fourth-order valence-corrected chi connectivity index (χ4v) is 3.95. The van der Waals surface area contributed by atoms with Gasteiger partial charge >= 0.3 is 12.1 Å². The lowest BCUT2D eigenvalue weighted by Crippen LogP contribution is -2.46. The van der Waals surface area contributed by atoms with E-state index in [4.69, 9.17) is 10.8 Å². The van der Waals surface area contributed by atoms with E-state index in [1.54, 1.807) is 0 Å². The molecule has 2 aliphatic rings. The van der Waals surface area contributed by atoms with Crippen LogP contribution >= 0.6 is 11.8 Å². The van der Waals surface area contributed by atoms with Crippen LogP contribution in [0.4, 0.5) is 13.2 Å². The van der Waals surface area contributed by atoms with Crippen LogP contribution in [0.25, 0.3) is 0 Å². The molecule has 1 unspecified atom stereocenters. The molecule has 0 heterocycles. The zero-order valence-corrected chi connectivity index (χ0v) is 11.3. The number of hydrogen-bond acceptors (Lipinski definition) is 4. The van der Waals surface area contributed by atoms with Crippen molar-refractivity contribution in [1.29, 1.82) is 0 Å². The van der Waals surface area contributed by atoms with Crippen LogP contribution in [0.5, 0.6) is 0 Å². The Bertz CT molecular complexity index is 483. The molecule has 112 valence electrons. The fourth-order valence-electron chi connectivity index (χ4n) is 2.60. The molecule has 3 N–H and O–H groups in total. The first-order valence-corrected chi connectivity index (χ1v) is 7.12. The van der Waals surface area contributed by atoms with Crippen LogP contribution in [0.1, 0.15) is 25.7 Å². The van der Waals surface area contributed by atoms with Gasteiger partial charge in [-0.05, 0) is 24.2 Å². The van der Waals surface area contributed by atoms with Gasteiger partial charge in [-0.3, -0.25) is 9.59 Å². The molecule has 0 saturated heterocycles. The SMILES string of the molecule is NC(CSC1=C(C(=O)C(F)(F)F)C2(CCC2)C1)C(=O)O. The number of aliphatic carboxylic acids is 1. The first kappa shape index (κ1) is 15.4. The van der Waals surface area contributed by atoms with Gasteiger partial charge in [-0.25, -0.2) is 0 Å². The molecule has 0 aromatic carbocycles. The average Bonchev–Trinajstić information content (AvgIpc) is 2.23. The molecule has 1 fully saturated rings. The third-order valence-corrected chi connectivity index (χ3v) is 5.08. The predicted octanol–water partition coefficient (Wildman–Crippen LogP) is 2.09. The van der Waals surface area contributed by atoms with Crippen molar-refractivity contribution in [3.63, 3.8) is 0 Å². The Morgan fingerprint density at radius 1 is 1.40 bits per heavy atom. The number of carbonyl (C=O) groups excluding carboxylic acids is 1. The number of halogens is 3. The van der Waals surface area contributed by atoms with Gasteiger partial charge in [0.1, 0.15) is 6.04 Å². The molecule has 0 amide bonds. The van der Waals surface area contributed by atoms with Crippen molar-refractivity contribution in [2.45, 2.75) is 37.9 Å². The maximum absolute atomic E-state index is 12.6. The summed E-state index contributed by atoms with van der Waals surface area (Å²) >= 11 is 0.957. The highest BCUT2D eigenvalue weighted by molar-refractivity contribution is 8.03. The van der Waals surface area contributed by atoms with Crippen LogP contribution < -0.4 is 5.73 Å². The molecule has 20 heavy (non-hydrogen) atoms. The summed E-state index contributed by atoms with van der Waals surface area (Å²) in [4.78, 5) is 22.4. The lowest BCUT2D eigenvalue weighted by atomic mass is 9.55. The summed E-state index contributed by atoms with van der Waals surface area (Å²) < 4.78 is 37.8. The molecule has 1 spiro atoms. The second-order valence-corrected chi connectivity index (χ2v) is 6.31. The minimum Gasteiger partial charge on any atom is -0.480 e. The zero-order chi connectivity index (χ0) is 15.1. The highest BCUT2D eigenvalue weighted by Gasteiger charge is 2.57. The maximum Gasteiger partial charge on any atom is 0.454 e. The molecule has 4 nitrogen and oxygen atoms in total. The number of ketones is 1. The molecule has 0 bridgehead atoms. The van der Waals surface area contributed by atoms with Gasteiger partial charge in [-0.1, -0.05) is 6.42 Å². The van der Waals surface area contributed by atoms with Gasteiger partial charge in [0, 0.05) is 16.7 Å². The van der Waals surface area contributed by atoms with Crippen molar-refractivity contribution in [3.05, 3.63) is 10.5 Å². The molecular weight excluding hydrogens is 295 g/mol. The molecular formula is C12H14F3NO3S. The first-order valence-electron chi connectivity index (χ1n) is 6.14.